The molecule has 1 aliphatic carbocycles. The molecular weight excluding hydrogens is 207 g/mol. The van der Waals surface area contributed by atoms with Crippen LogP contribution >= 0.6 is 11.6 Å². The van der Waals surface area contributed by atoms with E-state index in [1.54, 1.807) is 0 Å². The van der Waals surface area contributed by atoms with Gasteiger partial charge in [0.25, 0.3) is 0 Å². The van der Waals surface area contributed by atoms with Gasteiger partial charge in [0.2, 0.25) is 0 Å². The molecular formula is C10H10ClFO2. The van der Waals surface area contributed by atoms with Crippen LogP contribution in [0.1, 0.15) is 18.4 Å². The van der Waals surface area contributed by atoms with E-state index in [0.29, 0.717) is 23.4 Å². The summed E-state index contributed by atoms with van der Waals surface area (Å²) in [6, 6.07) is 2.47. The van der Waals surface area contributed by atoms with Crippen LogP contribution in [-0.4, -0.2) is 12.2 Å². The van der Waals surface area contributed by atoms with Crippen molar-refractivity contribution in [3.05, 3.63) is 28.5 Å². The molecule has 1 aromatic rings. The van der Waals surface area contributed by atoms with Crippen LogP contribution in [0.15, 0.2) is 12.1 Å². The van der Waals surface area contributed by atoms with Crippen molar-refractivity contribution in [2.24, 2.45) is 0 Å². The van der Waals surface area contributed by atoms with Crippen LogP contribution in [0.25, 0.3) is 0 Å². The Bertz CT molecular complexity index is 375. The largest absolute Gasteiger partial charge is 0.495 e. The van der Waals surface area contributed by atoms with E-state index >= 15 is 0 Å². The van der Waals surface area contributed by atoms with E-state index in [1.807, 2.05) is 0 Å². The second-order valence-electron chi connectivity index (χ2n) is 3.50. The molecule has 2 nitrogen and oxygen atoms in total. The van der Waals surface area contributed by atoms with Gasteiger partial charge >= 0.3 is 0 Å². The SMILES string of the molecule is COc1cc(F)cc(C2(O)CC2)c1Cl. The van der Waals surface area contributed by atoms with E-state index < -0.39 is 11.4 Å². The Labute approximate surface area is 86.3 Å². The van der Waals surface area contributed by atoms with Crippen molar-refractivity contribution in [3.8, 4) is 5.75 Å². The molecule has 4 heteroatoms. The average Bonchev–Trinajstić information content (AvgIpc) is 2.88. The summed E-state index contributed by atoms with van der Waals surface area (Å²) in [5, 5.41) is 10.1. The summed E-state index contributed by atoms with van der Waals surface area (Å²) < 4.78 is 18.0. The first kappa shape index (κ1) is 9.74. The summed E-state index contributed by atoms with van der Waals surface area (Å²) in [6.07, 6.45) is 1.25. The molecule has 14 heavy (non-hydrogen) atoms. The van der Waals surface area contributed by atoms with E-state index in [1.165, 1.54) is 19.2 Å². The molecule has 1 N–H and O–H groups in total. The monoisotopic (exact) mass is 216 g/mol. The molecule has 2 rings (SSSR count). The van der Waals surface area contributed by atoms with Gasteiger partial charge in [-0.3, -0.25) is 0 Å². The Morgan fingerprint density at radius 1 is 1.50 bits per heavy atom. The second-order valence-corrected chi connectivity index (χ2v) is 3.88. The molecule has 1 aliphatic rings. The third-order valence-corrected chi connectivity index (χ3v) is 2.84. The number of hydrogen-bond donors (Lipinski definition) is 1. The van der Waals surface area contributed by atoms with Gasteiger partial charge in [-0.05, 0) is 18.9 Å². The van der Waals surface area contributed by atoms with Crippen molar-refractivity contribution in [1.29, 1.82) is 0 Å². The first-order valence-electron chi connectivity index (χ1n) is 4.33. The van der Waals surface area contributed by atoms with Crippen molar-refractivity contribution in [2.75, 3.05) is 7.11 Å². The molecule has 0 atom stereocenters. The van der Waals surface area contributed by atoms with Crippen LogP contribution in [0.2, 0.25) is 5.02 Å². The van der Waals surface area contributed by atoms with Gasteiger partial charge in [0.05, 0.1) is 17.7 Å². The molecule has 76 valence electrons. The lowest BCUT2D eigenvalue weighted by atomic mass is 10.1. The van der Waals surface area contributed by atoms with Gasteiger partial charge in [-0.1, -0.05) is 11.6 Å². The van der Waals surface area contributed by atoms with Crippen molar-refractivity contribution in [3.63, 3.8) is 0 Å². The molecule has 0 radical (unpaired) electrons. The fraction of sp³-hybridized carbons (Fsp3) is 0.400. The molecule has 0 unspecified atom stereocenters. The molecule has 0 aliphatic heterocycles. The first-order valence-corrected chi connectivity index (χ1v) is 4.70. The fourth-order valence-corrected chi connectivity index (χ4v) is 1.80. The maximum atomic E-state index is 13.1. The van der Waals surface area contributed by atoms with Crippen LogP contribution in [-0.2, 0) is 5.60 Å². The summed E-state index contributed by atoms with van der Waals surface area (Å²) in [7, 11) is 1.42. The van der Waals surface area contributed by atoms with Gasteiger partial charge in [0, 0.05) is 11.6 Å². The Morgan fingerprint density at radius 3 is 2.64 bits per heavy atom. The van der Waals surface area contributed by atoms with E-state index in [0.717, 1.165) is 0 Å². The summed E-state index contributed by atoms with van der Waals surface area (Å²) in [5.41, 5.74) is -0.511. The topological polar surface area (TPSA) is 29.5 Å². The van der Waals surface area contributed by atoms with Crippen LogP contribution < -0.4 is 4.74 Å². The number of rotatable bonds is 2. The summed E-state index contributed by atoms with van der Waals surface area (Å²) in [6.45, 7) is 0. The average molecular weight is 217 g/mol. The molecule has 0 aromatic heterocycles. The highest BCUT2D eigenvalue weighted by molar-refractivity contribution is 6.33. The molecule has 0 bridgehead atoms. The van der Waals surface area contributed by atoms with Gasteiger partial charge in [-0.2, -0.15) is 0 Å². The third kappa shape index (κ3) is 1.47. The number of aliphatic hydroxyl groups is 1. The fourth-order valence-electron chi connectivity index (χ4n) is 1.44. The zero-order valence-electron chi connectivity index (χ0n) is 7.68. The lowest BCUT2D eigenvalue weighted by molar-refractivity contribution is 0.151. The molecule has 1 saturated carbocycles. The van der Waals surface area contributed by atoms with Gasteiger partial charge in [0.1, 0.15) is 11.6 Å². The standard InChI is InChI=1S/C10H10ClFO2/c1-14-8-5-6(12)4-7(9(8)11)10(13)2-3-10/h4-5,13H,2-3H2,1H3. The lowest BCUT2D eigenvalue weighted by Gasteiger charge is -2.13. The Kier molecular flexibility index (Phi) is 2.16. The van der Waals surface area contributed by atoms with Crippen LogP contribution in [0.4, 0.5) is 4.39 Å². The van der Waals surface area contributed by atoms with Crippen LogP contribution in [0.5, 0.6) is 5.75 Å². The van der Waals surface area contributed by atoms with Crippen LogP contribution in [0.3, 0.4) is 0 Å². The highest BCUT2D eigenvalue weighted by atomic mass is 35.5. The van der Waals surface area contributed by atoms with Crippen molar-refractivity contribution in [1.82, 2.24) is 0 Å². The zero-order valence-corrected chi connectivity index (χ0v) is 8.44. The predicted molar refractivity (Wildman–Crippen MR) is 51.1 cm³/mol. The number of methoxy groups -OCH3 is 1. The molecule has 0 amide bonds. The molecule has 1 fully saturated rings. The van der Waals surface area contributed by atoms with E-state index in [-0.39, 0.29) is 5.75 Å². The zero-order chi connectivity index (χ0) is 10.3. The maximum Gasteiger partial charge on any atom is 0.140 e. The summed E-state index contributed by atoms with van der Waals surface area (Å²) in [5.74, 6) is -0.177. The number of halogens is 2. The molecule has 0 saturated heterocycles. The van der Waals surface area contributed by atoms with E-state index in [9.17, 15) is 9.50 Å². The smallest absolute Gasteiger partial charge is 0.140 e. The maximum absolute atomic E-state index is 13.1. The highest BCUT2D eigenvalue weighted by Gasteiger charge is 2.44. The number of hydrogen-bond acceptors (Lipinski definition) is 2. The Morgan fingerprint density at radius 2 is 2.14 bits per heavy atom. The predicted octanol–water partition coefficient (Wildman–Crippen LogP) is 2.47. The van der Waals surface area contributed by atoms with E-state index in [2.05, 4.69) is 0 Å². The van der Waals surface area contributed by atoms with Crippen LogP contribution in [0, 0.1) is 5.82 Å². The minimum atomic E-state index is -0.938. The van der Waals surface area contributed by atoms with Gasteiger partial charge in [0.15, 0.2) is 0 Å². The molecule has 1 aromatic carbocycles. The number of benzene rings is 1. The normalized spacial score (nSPS) is 18.0. The molecule has 0 spiro atoms. The summed E-state index contributed by atoms with van der Waals surface area (Å²) in [4.78, 5) is 0. The van der Waals surface area contributed by atoms with E-state index in [4.69, 9.17) is 16.3 Å². The summed E-state index contributed by atoms with van der Waals surface area (Å²) >= 11 is 5.95. The minimum absolute atomic E-state index is 0.266. The Hall–Kier alpha value is -0.800. The lowest BCUT2D eigenvalue weighted by Crippen LogP contribution is -2.06. The quantitative estimate of drug-likeness (QED) is 0.823. The number of ether oxygens (including phenoxy) is 1. The molecule has 0 heterocycles. The second kappa shape index (κ2) is 3.11. The van der Waals surface area contributed by atoms with Gasteiger partial charge in [-0.25, -0.2) is 4.39 Å². The van der Waals surface area contributed by atoms with Crippen molar-refractivity contribution < 1.29 is 14.2 Å². The van der Waals surface area contributed by atoms with Gasteiger partial charge in [-0.15, -0.1) is 0 Å². The van der Waals surface area contributed by atoms with Crippen molar-refractivity contribution in [2.45, 2.75) is 18.4 Å². The first-order chi connectivity index (χ1) is 6.57. The minimum Gasteiger partial charge on any atom is -0.495 e. The van der Waals surface area contributed by atoms with Crippen molar-refractivity contribution >= 4 is 11.6 Å². The third-order valence-electron chi connectivity index (χ3n) is 2.45. The Balaban J connectivity index is 2.54. The highest BCUT2D eigenvalue weighted by Crippen LogP contribution is 2.49. The van der Waals surface area contributed by atoms with Gasteiger partial charge < -0.3 is 9.84 Å².